The van der Waals surface area contributed by atoms with E-state index in [1.807, 2.05) is 0 Å². The third kappa shape index (κ3) is 2.85. The molecule has 1 aliphatic heterocycles. The van der Waals surface area contributed by atoms with Gasteiger partial charge in [0, 0.05) is 25.9 Å². The molecule has 2 rings (SSSR count). The number of rotatable bonds is 5. The third-order valence-electron chi connectivity index (χ3n) is 3.88. The van der Waals surface area contributed by atoms with E-state index >= 15 is 0 Å². The fraction of sp³-hybridized carbons (Fsp3) is 0.600. The van der Waals surface area contributed by atoms with Gasteiger partial charge in [-0.05, 0) is 37.0 Å². The van der Waals surface area contributed by atoms with E-state index < -0.39 is 0 Å². The largest absolute Gasteiger partial charge is 0.376 e. The van der Waals surface area contributed by atoms with Gasteiger partial charge in [0.1, 0.15) is 0 Å². The molecule has 1 aliphatic rings. The molecular weight excluding hydrogens is 224 g/mol. The maximum atomic E-state index is 5.93. The summed E-state index contributed by atoms with van der Waals surface area (Å²) in [4.78, 5) is 2.26. The number of aryl methyl sites for hydroxylation is 1. The van der Waals surface area contributed by atoms with Crippen molar-refractivity contribution in [3.8, 4) is 0 Å². The maximum Gasteiger partial charge on any atom is 0.0791 e. The van der Waals surface area contributed by atoms with Gasteiger partial charge in [-0.3, -0.25) is 0 Å². The number of nitrogens with two attached hydrogens (primary N) is 1. The van der Waals surface area contributed by atoms with Crippen LogP contribution in [0.15, 0.2) is 24.3 Å². The van der Waals surface area contributed by atoms with Gasteiger partial charge in [0.15, 0.2) is 0 Å². The first-order valence-electron chi connectivity index (χ1n) is 6.89. The molecule has 3 nitrogen and oxygen atoms in total. The molecular formula is C15H24N2O. The fourth-order valence-electron chi connectivity index (χ4n) is 2.62. The molecule has 1 heterocycles. The van der Waals surface area contributed by atoms with Gasteiger partial charge in [0.2, 0.25) is 0 Å². The minimum Gasteiger partial charge on any atom is -0.376 e. The normalized spacial score (nSPS) is 20.9. The molecule has 0 spiro atoms. The second-order valence-electron chi connectivity index (χ2n) is 4.99. The number of nitrogens with zero attached hydrogens (tertiary/aromatic N) is 1. The quantitative estimate of drug-likeness (QED) is 0.868. The maximum absolute atomic E-state index is 5.93. The van der Waals surface area contributed by atoms with Crippen molar-refractivity contribution in [1.29, 1.82) is 0 Å². The van der Waals surface area contributed by atoms with Gasteiger partial charge >= 0.3 is 0 Å². The molecule has 1 aromatic rings. The van der Waals surface area contributed by atoms with E-state index in [9.17, 15) is 0 Å². The van der Waals surface area contributed by atoms with Crippen LogP contribution in [0.2, 0.25) is 0 Å². The summed E-state index contributed by atoms with van der Waals surface area (Å²) in [5.74, 6) is 0. The Balaban J connectivity index is 2.09. The molecule has 3 heteroatoms. The molecule has 1 aromatic carbocycles. The SMILES string of the molecule is CCc1ccc(N(C)C(CN)C2CCCO2)cc1. The van der Waals surface area contributed by atoms with Crippen molar-refractivity contribution in [3.05, 3.63) is 29.8 Å². The van der Waals surface area contributed by atoms with Crippen LogP contribution in [-0.4, -0.2) is 32.3 Å². The lowest BCUT2D eigenvalue weighted by Crippen LogP contribution is -2.46. The number of likely N-dealkylation sites (N-methyl/N-ethyl adjacent to an activating group) is 1. The predicted octanol–water partition coefficient (Wildman–Crippen LogP) is 2.19. The van der Waals surface area contributed by atoms with Gasteiger partial charge in [0.05, 0.1) is 12.1 Å². The van der Waals surface area contributed by atoms with Gasteiger partial charge in [-0.1, -0.05) is 19.1 Å². The average molecular weight is 248 g/mol. The first-order chi connectivity index (χ1) is 8.76. The highest BCUT2D eigenvalue weighted by molar-refractivity contribution is 5.48. The fourth-order valence-corrected chi connectivity index (χ4v) is 2.62. The van der Waals surface area contributed by atoms with Crippen molar-refractivity contribution >= 4 is 5.69 Å². The zero-order valence-electron chi connectivity index (χ0n) is 11.4. The minimum atomic E-state index is 0.278. The van der Waals surface area contributed by atoms with Crippen molar-refractivity contribution in [1.82, 2.24) is 0 Å². The Morgan fingerprint density at radius 2 is 2.11 bits per heavy atom. The Morgan fingerprint density at radius 1 is 1.39 bits per heavy atom. The van der Waals surface area contributed by atoms with Gasteiger partial charge in [-0.2, -0.15) is 0 Å². The molecule has 0 saturated carbocycles. The topological polar surface area (TPSA) is 38.5 Å². The van der Waals surface area contributed by atoms with Gasteiger partial charge in [0.25, 0.3) is 0 Å². The summed E-state index contributed by atoms with van der Waals surface area (Å²) in [6.07, 6.45) is 3.64. The van der Waals surface area contributed by atoms with E-state index in [1.165, 1.54) is 11.3 Å². The third-order valence-corrected chi connectivity index (χ3v) is 3.88. The van der Waals surface area contributed by atoms with Crippen molar-refractivity contribution in [2.45, 2.75) is 38.3 Å². The summed E-state index contributed by atoms with van der Waals surface area (Å²) in [6, 6.07) is 9.01. The van der Waals surface area contributed by atoms with Crippen LogP contribution in [0.4, 0.5) is 5.69 Å². The Bertz CT molecular complexity index is 357. The van der Waals surface area contributed by atoms with Crippen LogP contribution in [-0.2, 0) is 11.2 Å². The van der Waals surface area contributed by atoms with Crippen LogP contribution in [0.1, 0.15) is 25.3 Å². The van der Waals surface area contributed by atoms with Crippen molar-refractivity contribution in [3.63, 3.8) is 0 Å². The highest BCUT2D eigenvalue weighted by Gasteiger charge is 2.28. The Kier molecular flexibility index (Phi) is 4.61. The van der Waals surface area contributed by atoms with E-state index in [1.54, 1.807) is 0 Å². The lowest BCUT2D eigenvalue weighted by atomic mass is 10.1. The number of anilines is 1. The van der Waals surface area contributed by atoms with E-state index in [0.717, 1.165) is 25.9 Å². The van der Waals surface area contributed by atoms with E-state index in [0.29, 0.717) is 6.54 Å². The van der Waals surface area contributed by atoms with Crippen LogP contribution in [0.5, 0.6) is 0 Å². The molecule has 18 heavy (non-hydrogen) atoms. The van der Waals surface area contributed by atoms with Gasteiger partial charge in [-0.25, -0.2) is 0 Å². The molecule has 1 fully saturated rings. The summed E-state index contributed by atoms with van der Waals surface area (Å²) < 4.78 is 5.77. The Morgan fingerprint density at radius 3 is 2.61 bits per heavy atom. The molecule has 100 valence electrons. The molecule has 2 N–H and O–H groups in total. The Labute approximate surface area is 110 Å². The standard InChI is InChI=1S/C15H24N2O/c1-3-12-6-8-13(9-7-12)17(2)14(11-16)15-5-4-10-18-15/h6-9,14-15H,3-5,10-11,16H2,1-2H3. The van der Waals surface area contributed by atoms with Gasteiger partial charge in [-0.15, -0.1) is 0 Å². The first-order valence-corrected chi connectivity index (χ1v) is 6.89. The molecule has 1 saturated heterocycles. The summed E-state index contributed by atoms with van der Waals surface area (Å²) in [6.45, 7) is 3.69. The lowest BCUT2D eigenvalue weighted by Gasteiger charge is -2.33. The summed E-state index contributed by atoms with van der Waals surface area (Å²) >= 11 is 0. The number of hydrogen-bond acceptors (Lipinski definition) is 3. The van der Waals surface area contributed by atoms with Gasteiger partial charge < -0.3 is 15.4 Å². The summed E-state index contributed by atoms with van der Waals surface area (Å²) in [5.41, 5.74) is 8.51. The monoisotopic (exact) mass is 248 g/mol. The number of benzene rings is 1. The molecule has 2 unspecified atom stereocenters. The minimum absolute atomic E-state index is 0.278. The Hall–Kier alpha value is -1.06. The average Bonchev–Trinajstić information content (AvgIpc) is 2.93. The molecule has 0 radical (unpaired) electrons. The lowest BCUT2D eigenvalue weighted by molar-refractivity contribution is 0.0907. The summed E-state index contributed by atoms with van der Waals surface area (Å²) in [7, 11) is 2.11. The van der Waals surface area contributed by atoms with E-state index in [2.05, 4.69) is 43.1 Å². The predicted molar refractivity (Wildman–Crippen MR) is 76.0 cm³/mol. The molecule has 0 aliphatic carbocycles. The number of ether oxygens (including phenoxy) is 1. The van der Waals surface area contributed by atoms with Crippen LogP contribution < -0.4 is 10.6 Å². The molecule has 0 aromatic heterocycles. The van der Waals surface area contributed by atoms with Crippen molar-refractivity contribution < 1.29 is 4.74 Å². The molecule has 2 atom stereocenters. The van der Waals surface area contributed by atoms with Crippen molar-refractivity contribution in [2.24, 2.45) is 5.73 Å². The number of hydrogen-bond donors (Lipinski definition) is 1. The zero-order chi connectivity index (χ0) is 13.0. The summed E-state index contributed by atoms with van der Waals surface area (Å²) in [5, 5.41) is 0. The van der Waals surface area contributed by atoms with Crippen LogP contribution in [0, 0.1) is 0 Å². The zero-order valence-corrected chi connectivity index (χ0v) is 11.4. The van der Waals surface area contributed by atoms with Crippen LogP contribution in [0.3, 0.4) is 0 Å². The van der Waals surface area contributed by atoms with Crippen LogP contribution in [0.25, 0.3) is 0 Å². The highest BCUT2D eigenvalue weighted by atomic mass is 16.5. The highest BCUT2D eigenvalue weighted by Crippen LogP contribution is 2.23. The van der Waals surface area contributed by atoms with Crippen LogP contribution >= 0.6 is 0 Å². The van der Waals surface area contributed by atoms with E-state index in [-0.39, 0.29) is 12.1 Å². The first kappa shape index (κ1) is 13.4. The van der Waals surface area contributed by atoms with Crippen molar-refractivity contribution in [2.75, 3.05) is 25.1 Å². The van der Waals surface area contributed by atoms with E-state index in [4.69, 9.17) is 10.5 Å². The molecule has 0 bridgehead atoms. The smallest absolute Gasteiger partial charge is 0.0791 e. The molecule has 0 amide bonds. The second kappa shape index (κ2) is 6.21. The second-order valence-corrected chi connectivity index (χ2v) is 4.99.